The minimum Gasteiger partial charge on any atom is -0.493 e. The standard InChI is InChI=1S/C16H22N2OS/c1-12(2)10-14-15(11-17)20-16(18-14)8-9-19-13-6-4-3-5-7-13/h3-7,12H,8-11,17H2,1-2H3. The highest BCUT2D eigenvalue weighted by molar-refractivity contribution is 7.11. The van der Waals surface area contributed by atoms with Gasteiger partial charge in [0.1, 0.15) is 5.75 Å². The molecule has 4 heteroatoms. The largest absolute Gasteiger partial charge is 0.493 e. The molecule has 108 valence electrons. The van der Waals surface area contributed by atoms with E-state index in [4.69, 9.17) is 15.5 Å². The summed E-state index contributed by atoms with van der Waals surface area (Å²) in [5, 5.41) is 1.12. The molecule has 0 atom stereocenters. The molecule has 0 aliphatic heterocycles. The van der Waals surface area contributed by atoms with Crippen molar-refractivity contribution in [2.75, 3.05) is 6.61 Å². The van der Waals surface area contributed by atoms with Crippen LogP contribution in [-0.2, 0) is 19.4 Å². The van der Waals surface area contributed by atoms with Crippen molar-refractivity contribution in [2.24, 2.45) is 11.7 Å². The normalized spacial score (nSPS) is 11.0. The summed E-state index contributed by atoms with van der Waals surface area (Å²) in [4.78, 5) is 5.93. The lowest BCUT2D eigenvalue weighted by atomic mass is 10.1. The third-order valence-corrected chi connectivity index (χ3v) is 4.12. The van der Waals surface area contributed by atoms with Gasteiger partial charge in [-0.05, 0) is 24.5 Å². The van der Waals surface area contributed by atoms with E-state index in [1.54, 1.807) is 11.3 Å². The zero-order valence-corrected chi connectivity index (χ0v) is 13.0. The number of hydrogen-bond acceptors (Lipinski definition) is 4. The average molecular weight is 290 g/mol. The summed E-state index contributed by atoms with van der Waals surface area (Å²) in [5.41, 5.74) is 6.97. The van der Waals surface area contributed by atoms with Gasteiger partial charge in [-0.3, -0.25) is 0 Å². The van der Waals surface area contributed by atoms with Crippen molar-refractivity contribution >= 4 is 11.3 Å². The van der Waals surface area contributed by atoms with Crippen LogP contribution in [0, 0.1) is 5.92 Å². The van der Waals surface area contributed by atoms with Crippen LogP contribution in [0.4, 0.5) is 0 Å². The zero-order chi connectivity index (χ0) is 14.4. The summed E-state index contributed by atoms with van der Waals surface area (Å²) in [5.74, 6) is 1.52. The average Bonchev–Trinajstić information content (AvgIpc) is 2.81. The molecule has 0 saturated heterocycles. The van der Waals surface area contributed by atoms with Gasteiger partial charge in [0.15, 0.2) is 0 Å². The van der Waals surface area contributed by atoms with E-state index in [1.807, 2.05) is 30.3 Å². The van der Waals surface area contributed by atoms with E-state index in [1.165, 1.54) is 10.6 Å². The Balaban J connectivity index is 1.91. The SMILES string of the molecule is CC(C)Cc1nc(CCOc2ccccc2)sc1CN. The first-order valence-electron chi connectivity index (χ1n) is 7.04. The Morgan fingerprint density at radius 1 is 1.25 bits per heavy atom. The van der Waals surface area contributed by atoms with Gasteiger partial charge in [-0.1, -0.05) is 32.0 Å². The van der Waals surface area contributed by atoms with Gasteiger partial charge in [0.05, 0.1) is 17.3 Å². The van der Waals surface area contributed by atoms with Gasteiger partial charge < -0.3 is 10.5 Å². The van der Waals surface area contributed by atoms with Crippen molar-refractivity contribution in [3.8, 4) is 5.75 Å². The van der Waals surface area contributed by atoms with Crippen molar-refractivity contribution in [3.63, 3.8) is 0 Å². The number of ether oxygens (including phenoxy) is 1. The van der Waals surface area contributed by atoms with Crippen LogP contribution in [0.1, 0.15) is 29.4 Å². The summed E-state index contributed by atoms with van der Waals surface area (Å²) >= 11 is 1.72. The van der Waals surface area contributed by atoms with Gasteiger partial charge in [0.2, 0.25) is 0 Å². The Labute approximate surface area is 124 Å². The minimum atomic E-state index is 0.583. The summed E-state index contributed by atoms with van der Waals surface area (Å²) in [6.07, 6.45) is 1.84. The second kappa shape index (κ2) is 7.41. The molecule has 0 fully saturated rings. The molecule has 0 saturated carbocycles. The Morgan fingerprint density at radius 2 is 2.00 bits per heavy atom. The molecule has 0 aliphatic rings. The molecule has 0 unspecified atom stereocenters. The molecular weight excluding hydrogens is 268 g/mol. The van der Waals surface area contributed by atoms with Crippen LogP contribution < -0.4 is 10.5 Å². The zero-order valence-electron chi connectivity index (χ0n) is 12.1. The third-order valence-electron chi connectivity index (χ3n) is 2.94. The molecule has 1 aromatic carbocycles. The first-order valence-corrected chi connectivity index (χ1v) is 7.86. The van der Waals surface area contributed by atoms with Gasteiger partial charge >= 0.3 is 0 Å². The maximum absolute atomic E-state index is 5.80. The summed E-state index contributed by atoms with van der Waals surface area (Å²) in [7, 11) is 0. The van der Waals surface area contributed by atoms with Crippen LogP contribution in [0.3, 0.4) is 0 Å². The summed E-state index contributed by atoms with van der Waals surface area (Å²) in [6, 6.07) is 9.88. The van der Waals surface area contributed by atoms with Crippen LogP contribution in [0.5, 0.6) is 5.75 Å². The molecule has 2 aromatic rings. The topological polar surface area (TPSA) is 48.1 Å². The smallest absolute Gasteiger partial charge is 0.119 e. The van der Waals surface area contributed by atoms with E-state index in [0.29, 0.717) is 19.1 Å². The molecule has 1 heterocycles. The maximum atomic E-state index is 5.80. The Bertz CT molecular complexity index is 523. The second-order valence-corrected chi connectivity index (χ2v) is 6.36. The Hall–Kier alpha value is -1.39. The van der Waals surface area contributed by atoms with Crippen LogP contribution in [0.15, 0.2) is 30.3 Å². The molecule has 20 heavy (non-hydrogen) atoms. The minimum absolute atomic E-state index is 0.583. The van der Waals surface area contributed by atoms with Crippen molar-refractivity contribution in [3.05, 3.63) is 45.9 Å². The van der Waals surface area contributed by atoms with Gasteiger partial charge in [0.25, 0.3) is 0 Å². The van der Waals surface area contributed by atoms with E-state index >= 15 is 0 Å². The Morgan fingerprint density at radius 3 is 2.65 bits per heavy atom. The van der Waals surface area contributed by atoms with Crippen molar-refractivity contribution < 1.29 is 4.74 Å². The number of nitrogens with two attached hydrogens (primary N) is 1. The highest BCUT2D eigenvalue weighted by Gasteiger charge is 2.11. The highest BCUT2D eigenvalue weighted by atomic mass is 32.1. The van der Waals surface area contributed by atoms with E-state index in [2.05, 4.69) is 13.8 Å². The summed E-state index contributed by atoms with van der Waals surface area (Å²) in [6.45, 7) is 5.65. The molecule has 3 nitrogen and oxygen atoms in total. The summed E-state index contributed by atoms with van der Waals surface area (Å²) < 4.78 is 5.71. The number of aromatic nitrogens is 1. The molecule has 0 aliphatic carbocycles. The van der Waals surface area contributed by atoms with Gasteiger partial charge in [-0.25, -0.2) is 4.98 Å². The predicted molar refractivity (Wildman–Crippen MR) is 84.2 cm³/mol. The van der Waals surface area contributed by atoms with Crippen LogP contribution in [0.25, 0.3) is 0 Å². The van der Waals surface area contributed by atoms with Crippen LogP contribution in [0.2, 0.25) is 0 Å². The number of nitrogens with zero attached hydrogens (tertiary/aromatic N) is 1. The van der Waals surface area contributed by atoms with E-state index in [0.717, 1.165) is 23.6 Å². The molecule has 0 bridgehead atoms. The van der Waals surface area contributed by atoms with Crippen molar-refractivity contribution in [1.29, 1.82) is 0 Å². The molecule has 2 N–H and O–H groups in total. The molecular formula is C16H22N2OS. The van der Waals surface area contributed by atoms with Crippen LogP contribution in [-0.4, -0.2) is 11.6 Å². The Kier molecular flexibility index (Phi) is 5.56. The van der Waals surface area contributed by atoms with Gasteiger partial charge in [-0.15, -0.1) is 11.3 Å². The maximum Gasteiger partial charge on any atom is 0.119 e. The van der Waals surface area contributed by atoms with E-state index in [9.17, 15) is 0 Å². The highest BCUT2D eigenvalue weighted by Crippen LogP contribution is 2.21. The second-order valence-electron chi connectivity index (χ2n) is 5.19. The number of thiazole rings is 1. The number of benzene rings is 1. The third kappa shape index (κ3) is 4.32. The van der Waals surface area contributed by atoms with Crippen LogP contribution >= 0.6 is 11.3 Å². The molecule has 0 radical (unpaired) electrons. The van der Waals surface area contributed by atoms with Crippen molar-refractivity contribution in [1.82, 2.24) is 4.98 Å². The van der Waals surface area contributed by atoms with Gasteiger partial charge in [-0.2, -0.15) is 0 Å². The fraction of sp³-hybridized carbons (Fsp3) is 0.438. The first kappa shape index (κ1) is 15.0. The molecule has 1 aromatic heterocycles. The fourth-order valence-corrected chi connectivity index (χ4v) is 2.98. The number of para-hydroxylation sites is 1. The van der Waals surface area contributed by atoms with E-state index < -0.39 is 0 Å². The van der Waals surface area contributed by atoms with E-state index in [-0.39, 0.29) is 0 Å². The quantitative estimate of drug-likeness (QED) is 0.850. The first-order chi connectivity index (χ1) is 9.69. The lowest BCUT2D eigenvalue weighted by Gasteiger charge is -2.04. The number of hydrogen-bond donors (Lipinski definition) is 1. The molecule has 0 spiro atoms. The van der Waals surface area contributed by atoms with Gasteiger partial charge in [0, 0.05) is 17.8 Å². The monoisotopic (exact) mass is 290 g/mol. The lowest BCUT2D eigenvalue weighted by Crippen LogP contribution is -2.03. The molecule has 2 rings (SSSR count). The fourth-order valence-electron chi connectivity index (χ4n) is 2.02. The van der Waals surface area contributed by atoms with Crippen molar-refractivity contribution in [2.45, 2.75) is 33.2 Å². The predicted octanol–water partition coefficient (Wildman–Crippen LogP) is 3.42. The number of rotatable bonds is 7. The molecule has 0 amide bonds. The lowest BCUT2D eigenvalue weighted by molar-refractivity contribution is 0.321.